The average Bonchev–Trinajstić information content (AvgIpc) is 2.75. The van der Waals surface area contributed by atoms with Crippen LogP contribution in [0, 0.1) is 0 Å². The van der Waals surface area contributed by atoms with Gasteiger partial charge in [0.1, 0.15) is 5.76 Å². The van der Waals surface area contributed by atoms with Crippen LogP contribution in [-0.2, 0) is 11.2 Å². The number of hydrogen-bond acceptors (Lipinski definition) is 3. The summed E-state index contributed by atoms with van der Waals surface area (Å²) < 4.78 is 10.8. The first-order chi connectivity index (χ1) is 7.36. The van der Waals surface area contributed by atoms with Gasteiger partial charge in [-0.15, -0.1) is 0 Å². The minimum atomic E-state index is 0.438. The van der Waals surface area contributed by atoms with Crippen LogP contribution in [0.25, 0.3) is 0 Å². The highest BCUT2D eigenvalue weighted by Crippen LogP contribution is 2.06. The molecule has 0 aliphatic carbocycles. The van der Waals surface area contributed by atoms with Gasteiger partial charge in [0, 0.05) is 25.7 Å². The third kappa shape index (κ3) is 5.00. The van der Waals surface area contributed by atoms with Crippen LogP contribution in [0.1, 0.15) is 25.5 Å². The molecule has 0 aromatic carbocycles. The van der Waals surface area contributed by atoms with Gasteiger partial charge in [0.15, 0.2) is 0 Å². The minimum absolute atomic E-state index is 0.438. The highest BCUT2D eigenvalue weighted by atomic mass is 16.5. The monoisotopic (exact) mass is 211 g/mol. The van der Waals surface area contributed by atoms with Gasteiger partial charge >= 0.3 is 0 Å². The van der Waals surface area contributed by atoms with Crippen molar-refractivity contribution >= 4 is 0 Å². The van der Waals surface area contributed by atoms with Gasteiger partial charge in [0.25, 0.3) is 0 Å². The lowest BCUT2D eigenvalue weighted by molar-refractivity contribution is 0.124. The lowest BCUT2D eigenvalue weighted by Crippen LogP contribution is -2.28. The van der Waals surface area contributed by atoms with E-state index in [0.29, 0.717) is 6.04 Å². The molecule has 0 saturated heterocycles. The van der Waals surface area contributed by atoms with Crippen molar-refractivity contribution < 1.29 is 9.15 Å². The van der Waals surface area contributed by atoms with Gasteiger partial charge in [-0.05, 0) is 32.0 Å². The Kier molecular flexibility index (Phi) is 6.12. The van der Waals surface area contributed by atoms with Crippen molar-refractivity contribution in [3.8, 4) is 0 Å². The number of hydrogen-bond donors (Lipinski definition) is 1. The molecule has 3 heteroatoms. The topological polar surface area (TPSA) is 34.4 Å². The fourth-order valence-electron chi connectivity index (χ4n) is 1.49. The second-order valence-electron chi connectivity index (χ2n) is 3.67. The van der Waals surface area contributed by atoms with E-state index in [1.807, 2.05) is 19.2 Å². The predicted molar refractivity (Wildman–Crippen MR) is 61.0 cm³/mol. The summed E-state index contributed by atoms with van der Waals surface area (Å²) in [6, 6.07) is 4.38. The van der Waals surface area contributed by atoms with Crippen LogP contribution in [0.2, 0.25) is 0 Å². The Morgan fingerprint density at radius 2 is 2.33 bits per heavy atom. The van der Waals surface area contributed by atoms with Gasteiger partial charge in [-0.2, -0.15) is 0 Å². The van der Waals surface area contributed by atoms with Crippen molar-refractivity contribution in [3.63, 3.8) is 0 Å². The van der Waals surface area contributed by atoms with Crippen LogP contribution >= 0.6 is 0 Å². The molecule has 1 aromatic heterocycles. The summed E-state index contributed by atoms with van der Waals surface area (Å²) in [6.07, 6.45) is 4.76. The van der Waals surface area contributed by atoms with Crippen LogP contribution < -0.4 is 5.32 Å². The Balaban J connectivity index is 2.18. The van der Waals surface area contributed by atoms with Crippen molar-refractivity contribution in [2.24, 2.45) is 0 Å². The lowest BCUT2D eigenvalue weighted by atomic mass is 10.1. The lowest BCUT2D eigenvalue weighted by Gasteiger charge is -2.14. The molecule has 0 saturated carbocycles. The second-order valence-corrected chi connectivity index (χ2v) is 3.67. The zero-order chi connectivity index (χ0) is 10.9. The molecule has 0 bridgehead atoms. The highest BCUT2D eigenvalue weighted by molar-refractivity contribution is 5.00. The summed E-state index contributed by atoms with van der Waals surface area (Å²) in [7, 11) is 1.98. The van der Waals surface area contributed by atoms with Gasteiger partial charge in [-0.1, -0.05) is 6.92 Å². The average molecular weight is 211 g/mol. The summed E-state index contributed by atoms with van der Waals surface area (Å²) in [4.78, 5) is 0. The van der Waals surface area contributed by atoms with Crippen LogP contribution in [0.4, 0.5) is 0 Å². The molecule has 0 amide bonds. The summed E-state index contributed by atoms with van der Waals surface area (Å²) in [5, 5.41) is 3.28. The maximum Gasteiger partial charge on any atom is 0.105 e. The maximum atomic E-state index is 5.46. The Labute approximate surface area is 91.8 Å². The number of rotatable bonds is 8. The van der Waals surface area contributed by atoms with Crippen molar-refractivity contribution in [2.45, 2.75) is 32.2 Å². The van der Waals surface area contributed by atoms with Crippen molar-refractivity contribution in [1.29, 1.82) is 0 Å². The van der Waals surface area contributed by atoms with Gasteiger partial charge in [0.05, 0.1) is 6.26 Å². The third-order valence-corrected chi connectivity index (χ3v) is 2.40. The van der Waals surface area contributed by atoms with Gasteiger partial charge in [-0.25, -0.2) is 0 Å². The molecule has 0 aliphatic heterocycles. The minimum Gasteiger partial charge on any atom is -0.469 e. The summed E-state index contributed by atoms with van der Waals surface area (Å²) in [5.41, 5.74) is 0. The van der Waals surface area contributed by atoms with Crippen LogP contribution in [-0.4, -0.2) is 26.3 Å². The quantitative estimate of drug-likeness (QED) is 0.670. The molecule has 0 fully saturated rings. The molecule has 1 atom stereocenters. The first kappa shape index (κ1) is 12.3. The summed E-state index contributed by atoms with van der Waals surface area (Å²) >= 11 is 0. The molecule has 86 valence electrons. The fraction of sp³-hybridized carbons (Fsp3) is 0.667. The largest absolute Gasteiger partial charge is 0.469 e. The Morgan fingerprint density at radius 1 is 1.47 bits per heavy atom. The first-order valence-corrected chi connectivity index (χ1v) is 5.64. The molecule has 3 nitrogen and oxygen atoms in total. The molecule has 1 N–H and O–H groups in total. The maximum absolute atomic E-state index is 5.46. The molecule has 1 unspecified atom stereocenters. The Bertz CT molecular complexity index is 234. The van der Waals surface area contributed by atoms with Crippen molar-refractivity contribution in [3.05, 3.63) is 24.2 Å². The van der Waals surface area contributed by atoms with E-state index in [1.165, 1.54) is 0 Å². The summed E-state index contributed by atoms with van der Waals surface area (Å²) in [6.45, 7) is 3.80. The molecular weight excluding hydrogens is 190 g/mol. The SMILES string of the molecule is CCCOCCC(Cc1ccco1)NC. The number of likely N-dealkylation sites (N-methyl/N-ethyl adjacent to an activating group) is 1. The van der Waals surface area contributed by atoms with Crippen LogP contribution in [0.15, 0.2) is 22.8 Å². The zero-order valence-corrected chi connectivity index (χ0v) is 9.66. The molecule has 1 aromatic rings. The molecular formula is C12H21NO2. The van der Waals surface area contributed by atoms with Gasteiger partial charge < -0.3 is 14.5 Å². The predicted octanol–water partition coefficient (Wildman–Crippen LogP) is 2.23. The van der Waals surface area contributed by atoms with Crippen LogP contribution in [0.5, 0.6) is 0 Å². The first-order valence-electron chi connectivity index (χ1n) is 5.64. The highest BCUT2D eigenvalue weighted by Gasteiger charge is 2.08. The normalized spacial score (nSPS) is 12.9. The van der Waals surface area contributed by atoms with E-state index in [0.717, 1.165) is 38.2 Å². The van der Waals surface area contributed by atoms with Crippen molar-refractivity contribution in [1.82, 2.24) is 5.32 Å². The second kappa shape index (κ2) is 7.49. The molecule has 1 rings (SSSR count). The molecule has 0 spiro atoms. The van der Waals surface area contributed by atoms with E-state index >= 15 is 0 Å². The fourth-order valence-corrected chi connectivity index (χ4v) is 1.49. The number of furan rings is 1. The number of ether oxygens (including phenoxy) is 1. The van der Waals surface area contributed by atoms with Crippen LogP contribution in [0.3, 0.4) is 0 Å². The zero-order valence-electron chi connectivity index (χ0n) is 9.66. The van der Waals surface area contributed by atoms with E-state index in [4.69, 9.17) is 9.15 Å². The number of nitrogens with one attached hydrogen (secondary N) is 1. The Hall–Kier alpha value is -0.800. The standard InChI is InChI=1S/C12H21NO2/c1-3-7-14-9-6-11(13-2)10-12-5-4-8-15-12/h4-5,8,11,13H,3,6-7,9-10H2,1-2H3. The van der Waals surface area contributed by atoms with Gasteiger partial charge in [-0.3, -0.25) is 0 Å². The van der Waals surface area contributed by atoms with E-state index in [-0.39, 0.29) is 0 Å². The smallest absolute Gasteiger partial charge is 0.105 e. The van der Waals surface area contributed by atoms with E-state index in [1.54, 1.807) is 6.26 Å². The Morgan fingerprint density at radius 3 is 2.93 bits per heavy atom. The van der Waals surface area contributed by atoms with E-state index < -0.39 is 0 Å². The molecule has 15 heavy (non-hydrogen) atoms. The van der Waals surface area contributed by atoms with Crippen molar-refractivity contribution in [2.75, 3.05) is 20.3 Å². The summed E-state index contributed by atoms with van der Waals surface area (Å²) in [5.74, 6) is 1.03. The molecule has 0 aliphatic rings. The van der Waals surface area contributed by atoms with E-state index in [9.17, 15) is 0 Å². The van der Waals surface area contributed by atoms with Gasteiger partial charge in [0.2, 0.25) is 0 Å². The molecule has 0 radical (unpaired) electrons. The van der Waals surface area contributed by atoms with E-state index in [2.05, 4.69) is 12.2 Å². The molecule has 1 heterocycles. The third-order valence-electron chi connectivity index (χ3n) is 2.40.